The molecule has 21 heavy (non-hydrogen) atoms. The molecule has 2 rings (SSSR count). The van der Waals surface area contributed by atoms with E-state index in [1.807, 2.05) is 6.92 Å². The summed E-state index contributed by atoms with van der Waals surface area (Å²) in [7, 11) is 0. The van der Waals surface area contributed by atoms with E-state index in [4.69, 9.17) is 5.11 Å². The Morgan fingerprint density at radius 1 is 1.43 bits per heavy atom. The third-order valence-electron chi connectivity index (χ3n) is 3.65. The van der Waals surface area contributed by atoms with Crippen LogP contribution in [0.25, 0.3) is 0 Å². The van der Waals surface area contributed by atoms with E-state index in [-0.39, 0.29) is 12.5 Å². The number of pyridine rings is 1. The molecule has 2 heterocycles. The van der Waals surface area contributed by atoms with Gasteiger partial charge in [0.25, 0.3) is 5.91 Å². The second-order valence-electron chi connectivity index (χ2n) is 5.56. The summed E-state index contributed by atoms with van der Waals surface area (Å²) >= 11 is 0. The zero-order valence-electron chi connectivity index (χ0n) is 12.2. The molecule has 0 saturated carbocycles. The molecule has 5 heteroatoms. The first kappa shape index (κ1) is 15.5. The molecule has 0 radical (unpaired) electrons. The molecule has 0 bridgehead atoms. The molecule has 1 atom stereocenters. The van der Waals surface area contributed by atoms with Crippen LogP contribution in [-0.4, -0.2) is 51.3 Å². The van der Waals surface area contributed by atoms with E-state index in [1.165, 1.54) is 6.20 Å². The highest BCUT2D eigenvalue weighted by molar-refractivity contribution is 5.94. The third-order valence-corrected chi connectivity index (χ3v) is 3.65. The van der Waals surface area contributed by atoms with E-state index in [2.05, 4.69) is 16.8 Å². The Morgan fingerprint density at radius 3 is 3.00 bits per heavy atom. The lowest BCUT2D eigenvalue weighted by molar-refractivity contribution is 0.0438. The van der Waals surface area contributed by atoms with Crippen LogP contribution in [0.2, 0.25) is 0 Å². The molecule has 1 fully saturated rings. The largest absolute Gasteiger partial charge is 0.390 e. The lowest BCUT2D eigenvalue weighted by atomic mass is 9.98. The van der Waals surface area contributed by atoms with Gasteiger partial charge in [0.15, 0.2) is 0 Å². The number of hydrogen-bond donors (Lipinski definition) is 2. The predicted molar refractivity (Wildman–Crippen MR) is 78.6 cm³/mol. The number of nitrogens with zero attached hydrogens (tertiary/aromatic N) is 2. The van der Waals surface area contributed by atoms with Crippen molar-refractivity contribution in [3.63, 3.8) is 0 Å². The van der Waals surface area contributed by atoms with Gasteiger partial charge in [-0.25, -0.2) is 0 Å². The second kappa shape index (κ2) is 6.70. The minimum Gasteiger partial charge on any atom is -0.390 e. The Labute approximate surface area is 124 Å². The topological polar surface area (TPSA) is 73.7 Å². The van der Waals surface area contributed by atoms with Crippen molar-refractivity contribution < 1.29 is 15.0 Å². The molecular formula is C16H20N2O3. The van der Waals surface area contributed by atoms with Crippen molar-refractivity contribution in [1.29, 1.82) is 0 Å². The number of carbonyl (C=O) groups excluding carboxylic acids is 1. The number of aliphatic hydroxyl groups is 2. The molecule has 1 aromatic heterocycles. The van der Waals surface area contributed by atoms with E-state index in [1.54, 1.807) is 17.2 Å². The first-order valence-corrected chi connectivity index (χ1v) is 7.08. The van der Waals surface area contributed by atoms with Gasteiger partial charge in [-0.05, 0) is 32.3 Å². The Balaban J connectivity index is 2.12. The van der Waals surface area contributed by atoms with Gasteiger partial charge in [-0.2, -0.15) is 0 Å². The molecule has 0 spiro atoms. The fourth-order valence-corrected chi connectivity index (χ4v) is 2.42. The van der Waals surface area contributed by atoms with E-state index >= 15 is 0 Å². The number of carbonyl (C=O) groups is 1. The molecule has 112 valence electrons. The molecule has 1 unspecified atom stereocenters. The maximum atomic E-state index is 12.5. The van der Waals surface area contributed by atoms with E-state index in [9.17, 15) is 9.90 Å². The molecule has 0 aromatic carbocycles. The second-order valence-corrected chi connectivity index (χ2v) is 5.56. The fraction of sp³-hybridized carbons (Fsp3) is 0.500. The highest BCUT2D eigenvalue weighted by Crippen LogP contribution is 2.22. The maximum absolute atomic E-state index is 12.5. The van der Waals surface area contributed by atoms with Crippen molar-refractivity contribution in [1.82, 2.24) is 9.88 Å². The van der Waals surface area contributed by atoms with Gasteiger partial charge >= 0.3 is 0 Å². The van der Waals surface area contributed by atoms with Gasteiger partial charge in [0.2, 0.25) is 0 Å². The van der Waals surface area contributed by atoms with Crippen LogP contribution in [0, 0.1) is 11.8 Å². The third kappa shape index (κ3) is 4.28. The van der Waals surface area contributed by atoms with Gasteiger partial charge in [0.1, 0.15) is 6.61 Å². The van der Waals surface area contributed by atoms with Crippen LogP contribution in [0.5, 0.6) is 0 Å². The molecule has 1 aliphatic heterocycles. The molecule has 0 aliphatic carbocycles. The van der Waals surface area contributed by atoms with Crippen LogP contribution in [0.3, 0.4) is 0 Å². The zero-order valence-corrected chi connectivity index (χ0v) is 12.2. The smallest absolute Gasteiger partial charge is 0.255 e. The first-order chi connectivity index (χ1) is 10.0. The molecular weight excluding hydrogens is 268 g/mol. The van der Waals surface area contributed by atoms with Crippen molar-refractivity contribution in [3.8, 4) is 11.8 Å². The molecule has 1 saturated heterocycles. The minimum atomic E-state index is -0.693. The Morgan fingerprint density at radius 2 is 2.24 bits per heavy atom. The van der Waals surface area contributed by atoms with Crippen LogP contribution in [0.1, 0.15) is 42.1 Å². The molecule has 2 N–H and O–H groups in total. The van der Waals surface area contributed by atoms with Crippen molar-refractivity contribution in [2.75, 3.05) is 19.7 Å². The number of amides is 1. The van der Waals surface area contributed by atoms with Gasteiger partial charge < -0.3 is 15.1 Å². The van der Waals surface area contributed by atoms with Crippen molar-refractivity contribution in [2.24, 2.45) is 0 Å². The molecule has 1 aromatic rings. The summed E-state index contributed by atoms with van der Waals surface area (Å²) < 4.78 is 0. The van der Waals surface area contributed by atoms with E-state index in [0.29, 0.717) is 37.1 Å². The van der Waals surface area contributed by atoms with Crippen LogP contribution in [0.15, 0.2) is 18.5 Å². The Hall–Kier alpha value is -1.90. The van der Waals surface area contributed by atoms with Gasteiger partial charge in [0, 0.05) is 31.0 Å². The summed E-state index contributed by atoms with van der Waals surface area (Å²) in [5.41, 5.74) is 0.403. The van der Waals surface area contributed by atoms with Gasteiger partial charge in [-0.15, -0.1) is 0 Å². The van der Waals surface area contributed by atoms with E-state index < -0.39 is 5.60 Å². The van der Waals surface area contributed by atoms with Crippen LogP contribution < -0.4 is 0 Å². The summed E-state index contributed by atoms with van der Waals surface area (Å²) in [6.07, 6.45) is 5.16. The summed E-state index contributed by atoms with van der Waals surface area (Å²) in [5, 5.41) is 18.8. The lowest BCUT2D eigenvalue weighted by Crippen LogP contribution is -2.33. The van der Waals surface area contributed by atoms with Crippen molar-refractivity contribution in [3.05, 3.63) is 29.6 Å². The first-order valence-electron chi connectivity index (χ1n) is 7.08. The Bertz CT molecular complexity index is 572. The monoisotopic (exact) mass is 288 g/mol. The van der Waals surface area contributed by atoms with E-state index in [0.717, 1.165) is 6.42 Å². The lowest BCUT2D eigenvalue weighted by Gasteiger charge is -2.22. The van der Waals surface area contributed by atoms with Gasteiger partial charge in [0.05, 0.1) is 11.2 Å². The number of likely N-dealkylation sites (tertiary alicyclic amines) is 1. The van der Waals surface area contributed by atoms with Crippen LogP contribution in [-0.2, 0) is 0 Å². The Kier molecular flexibility index (Phi) is 4.94. The normalized spacial score (nSPS) is 22.1. The fourth-order valence-electron chi connectivity index (χ4n) is 2.42. The molecule has 1 amide bonds. The van der Waals surface area contributed by atoms with Crippen LogP contribution >= 0.6 is 0 Å². The highest BCUT2D eigenvalue weighted by Gasteiger charge is 2.27. The quantitative estimate of drug-likeness (QED) is 0.750. The summed E-state index contributed by atoms with van der Waals surface area (Å²) in [6.45, 7) is 2.77. The van der Waals surface area contributed by atoms with Crippen LogP contribution in [0.4, 0.5) is 0 Å². The SMILES string of the molecule is CC1(O)CCCN(C(=O)c2cncc(C#CCO)c2)CC1. The minimum absolute atomic E-state index is 0.0900. The standard InChI is InChI=1S/C16H20N2O3/c1-16(21)5-3-7-18(8-6-16)15(20)14-10-13(4-2-9-19)11-17-12-14/h10-12,19,21H,3,5-9H2,1H3. The number of aliphatic hydroxyl groups excluding tert-OH is 1. The molecule has 5 nitrogen and oxygen atoms in total. The highest BCUT2D eigenvalue weighted by atomic mass is 16.3. The maximum Gasteiger partial charge on any atom is 0.255 e. The zero-order chi connectivity index (χ0) is 15.3. The summed E-state index contributed by atoms with van der Waals surface area (Å²) in [6, 6.07) is 1.68. The average molecular weight is 288 g/mol. The number of rotatable bonds is 1. The number of aromatic nitrogens is 1. The van der Waals surface area contributed by atoms with Crippen molar-refractivity contribution >= 4 is 5.91 Å². The van der Waals surface area contributed by atoms with Gasteiger partial charge in [-0.3, -0.25) is 9.78 Å². The summed E-state index contributed by atoms with van der Waals surface area (Å²) in [5.74, 6) is 5.19. The summed E-state index contributed by atoms with van der Waals surface area (Å²) in [4.78, 5) is 18.3. The average Bonchev–Trinajstić information content (AvgIpc) is 2.65. The van der Waals surface area contributed by atoms with Crippen molar-refractivity contribution in [2.45, 2.75) is 31.8 Å². The molecule has 1 aliphatic rings. The number of hydrogen-bond acceptors (Lipinski definition) is 4. The predicted octanol–water partition coefficient (Wildman–Crippen LogP) is 0.803. The van der Waals surface area contributed by atoms with Gasteiger partial charge in [-0.1, -0.05) is 11.8 Å².